The molecule has 0 saturated heterocycles. The Bertz CT molecular complexity index is 3440. The van der Waals surface area contributed by atoms with Gasteiger partial charge in [-0.05, 0) is 94.0 Å². The fourth-order valence-electron chi connectivity index (χ4n) is 9.46. The summed E-state index contributed by atoms with van der Waals surface area (Å²) in [6.07, 6.45) is 7.42. The standard InChI is InChI=1S/C23H17N2.3C13H11N3.2Ir/c1-15-8-7-9-16(2)22(15)21-14-24-23-19-12-4-3-10-17(19)18-11-5-6-13-20(18)25(21)23;3*1-15-10-16(11-6-3-2-4-7-11)13-12(15)8-5-9-14-13;;/h3-11,13-14H,1-2H3;3*2-6,8-10H,1H3;;/q-1;3*-2;;. The molecule has 378 valence electrons. The minimum atomic E-state index is 0. The summed E-state index contributed by atoms with van der Waals surface area (Å²) in [4.78, 5) is 30.3. The van der Waals surface area contributed by atoms with Crippen molar-refractivity contribution in [2.24, 2.45) is 0 Å². The van der Waals surface area contributed by atoms with E-state index in [2.05, 4.69) is 139 Å². The number of anilines is 9. The van der Waals surface area contributed by atoms with Gasteiger partial charge in [-0.2, -0.15) is 111 Å². The SMILES string of the molecule is CN1[CH-]N(c2[c-]cccc2)c2ncccc21.CN1[CH-]N(c2[c-]cccc2)c2ncccc21.CN1[CH-]N(c2[c-]cccc2)c2ncccc21.Cc1cccc(C)c1-c1c[n-]c2c3[c-]cccc3c3ccccc3[n+]12.[Ir].[Ir]. The average Bonchev–Trinajstić information content (AvgIpc) is 4.22. The molecule has 11 nitrogen and oxygen atoms in total. The van der Waals surface area contributed by atoms with Gasteiger partial charge in [-0.15, -0.1) is 46.7 Å². The molecule has 0 fully saturated rings. The first kappa shape index (κ1) is 52.0. The predicted octanol–water partition coefficient (Wildman–Crippen LogP) is 12.5. The molecule has 0 atom stereocenters. The zero-order valence-electron chi connectivity index (χ0n) is 41.8. The quantitative estimate of drug-likeness (QED) is 0.0966. The van der Waals surface area contributed by atoms with Crippen molar-refractivity contribution in [3.05, 3.63) is 250 Å². The van der Waals surface area contributed by atoms with Crippen LogP contribution in [0.3, 0.4) is 0 Å². The van der Waals surface area contributed by atoms with Crippen LogP contribution in [-0.4, -0.2) is 36.1 Å². The van der Waals surface area contributed by atoms with Gasteiger partial charge in [0, 0.05) is 93.1 Å². The fraction of sp³-hybridized carbons (Fsp3) is 0.0806. The van der Waals surface area contributed by atoms with Gasteiger partial charge in [-0.1, -0.05) is 41.8 Å². The maximum Gasteiger partial charge on any atom is 0.124 e. The predicted molar refractivity (Wildman–Crippen MR) is 295 cm³/mol. The van der Waals surface area contributed by atoms with E-state index in [1.807, 2.05) is 184 Å². The van der Waals surface area contributed by atoms with Crippen LogP contribution < -0.4 is 38.8 Å². The Hall–Kier alpha value is -7.92. The second-order valence-electron chi connectivity index (χ2n) is 17.6. The first-order valence-corrected chi connectivity index (χ1v) is 24.0. The van der Waals surface area contributed by atoms with Crippen molar-refractivity contribution in [3.63, 3.8) is 0 Å². The van der Waals surface area contributed by atoms with Crippen LogP contribution >= 0.6 is 0 Å². The minimum absolute atomic E-state index is 0. The van der Waals surface area contributed by atoms with E-state index in [9.17, 15) is 0 Å². The van der Waals surface area contributed by atoms with Crippen LogP contribution in [0.15, 0.2) is 195 Å². The van der Waals surface area contributed by atoms with E-state index < -0.39 is 0 Å². The molecule has 0 unspecified atom stereocenters. The molecule has 0 saturated carbocycles. The zero-order chi connectivity index (χ0) is 49.8. The minimum Gasteiger partial charge on any atom is -0.502 e. The number of imidazole rings is 1. The Balaban J connectivity index is 0.000000124. The molecule has 0 amide bonds. The van der Waals surface area contributed by atoms with Crippen LogP contribution in [-0.2, 0) is 40.2 Å². The van der Waals surface area contributed by atoms with Gasteiger partial charge in [0.25, 0.3) is 0 Å². The maximum absolute atomic E-state index is 4.79. The molecule has 0 spiro atoms. The molecule has 0 N–H and O–H groups in total. The summed E-state index contributed by atoms with van der Waals surface area (Å²) in [6, 6.07) is 69.8. The molecule has 14 rings (SSSR count). The number of hydrogen-bond acceptors (Lipinski definition) is 9. The van der Waals surface area contributed by atoms with Gasteiger partial charge >= 0.3 is 0 Å². The molecular formula is C62H50Ir2N11-7. The number of fused-ring (bicyclic) bond motifs is 9. The zero-order valence-corrected chi connectivity index (χ0v) is 46.6. The van der Waals surface area contributed by atoms with Gasteiger partial charge in [-0.25, -0.2) is 15.0 Å². The third kappa shape index (κ3) is 10.3. The summed E-state index contributed by atoms with van der Waals surface area (Å²) in [5.74, 6) is 2.85. The summed E-state index contributed by atoms with van der Waals surface area (Å²) < 4.78 is 2.28. The second-order valence-corrected chi connectivity index (χ2v) is 17.6. The van der Waals surface area contributed by atoms with Gasteiger partial charge in [0.1, 0.15) is 17.5 Å². The number of para-hydroxylation sites is 4. The number of hydrogen-bond donors (Lipinski definition) is 0. The first-order valence-electron chi connectivity index (χ1n) is 24.0. The third-order valence-electron chi connectivity index (χ3n) is 12.9. The molecule has 75 heavy (non-hydrogen) atoms. The van der Waals surface area contributed by atoms with Gasteiger partial charge in [-0.3, -0.25) is 4.98 Å². The van der Waals surface area contributed by atoms with Crippen LogP contribution in [0.5, 0.6) is 0 Å². The summed E-state index contributed by atoms with van der Waals surface area (Å²) in [5, 5.41) is 3.50. The van der Waals surface area contributed by atoms with Crippen LogP contribution in [0.25, 0.3) is 38.6 Å². The van der Waals surface area contributed by atoms with Gasteiger partial charge in [0.15, 0.2) is 0 Å². The van der Waals surface area contributed by atoms with Crippen LogP contribution in [0.1, 0.15) is 11.1 Å². The van der Waals surface area contributed by atoms with E-state index in [4.69, 9.17) is 4.98 Å². The van der Waals surface area contributed by atoms with Gasteiger partial charge in [0.2, 0.25) is 0 Å². The van der Waals surface area contributed by atoms with E-state index in [0.717, 1.165) is 68.3 Å². The molecule has 0 bridgehead atoms. The topological polar surface area (TPSA) is 76.3 Å². The maximum atomic E-state index is 4.79. The molecule has 2 radical (unpaired) electrons. The van der Waals surface area contributed by atoms with Crippen LogP contribution in [0.2, 0.25) is 0 Å². The molecule has 6 aromatic carbocycles. The van der Waals surface area contributed by atoms with Crippen molar-refractivity contribution in [2.45, 2.75) is 13.8 Å². The smallest absolute Gasteiger partial charge is 0.124 e. The summed E-state index contributed by atoms with van der Waals surface area (Å²) >= 11 is 0. The normalized spacial score (nSPS) is 12.9. The van der Waals surface area contributed by atoms with E-state index in [0.29, 0.717) is 0 Å². The number of pyridine rings is 4. The largest absolute Gasteiger partial charge is 0.502 e. The Kier molecular flexibility index (Phi) is 16.0. The summed E-state index contributed by atoms with van der Waals surface area (Å²) in [5.41, 5.74) is 13.4. The molecule has 3 aliphatic rings. The van der Waals surface area contributed by atoms with Crippen molar-refractivity contribution in [1.29, 1.82) is 0 Å². The fourth-order valence-corrected chi connectivity index (χ4v) is 9.46. The molecule has 5 aromatic heterocycles. The summed E-state index contributed by atoms with van der Waals surface area (Å²) in [6.45, 7) is 10.4. The third-order valence-corrected chi connectivity index (χ3v) is 12.9. The van der Waals surface area contributed by atoms with Crippen LogP contribution in [0.4, 0.5) is 51.6 Å². The van der Waals surface area contributed by atoms with E-state index >= 15 is 0 Å². The average molecular weight is 1330 g/mol. The molecule has 11 aromatic rings. The molecule has 13 heteroatoms. The second kappa shape index (κ2) is 23.1. The van der Waals surface area contributed by atoms with Crippen LogP contribution in [0, 0.1) is 58.1 Å². The molecule has 0 aliphatic carbocycles. The molecule has 3 aliphatic heterocycles. The van der Waals surface area contributed by atoms with E-state index in [1.54, 1.807) is 0 Å². The Morgan fingerprint density at radius 1 is 0.453 bits per heavy atom. The van der Waals surface area contributed by atoms with Gasteiger partial charge < -0.3 is 33.8 Å². The van der Waals surface area contributed by atoms with E-state index in [-0.39, 0.29) is 40.2 Å². The van der Waals surface area contributed by atoms with Crippen molar-refractivity contribution in [2.75, 3.05) is 50.5 Å². The summed E-state index contributed by atoms with van der Waals surface area (Å²) in [7, 11) is 6.05. The molecular weight excluding hydrogens is 1280 g/mol. The Labute approximate surface area is 466 Å². The number of rotatable bonds is 4. The first-order chi connectivity index (χ1) is 35.8. The van der Waals surface area contributed by atoms with Crippen molar-refractivity contribution in [3.8, 4) is 11.3 Å². The number of nitrogens with zero attached hydrogens (tertiary/aromatic N) is 11. The number of aryl methyl sites for hydroxylation is 2. The van der Waals surface area contributed by atoms with E-state index in [1.165, 1.54) is 33.0 Å². The molecule has 8 heterocycles. The van der Waals surface area contributed by atoms with Crippen molar-refractivity contribution < 1.29 is 44.6 Å². The van der Waals surface area contributed by atoms with Gasteiger partial charge in [0.05, 0.1) is 11.3 Å². The van der Waals surface area contributed by atoms with Crippen molar-refractivity contribution >= 4 is 78.9 Å². The number of benzene rings is 6. The Morgan fingerprint density at radius 2 is 0.880 bits per heavy atom. The number of aromatic nitrogens is 5. The Morgan fingerprint density at radius 3 is 1.33 bits per heavy atom. The monoisotopic (exact) mass is 1330 g/mol. The van der Waals surface area contributed by atoms with Crippen molar-refractivity contribution in [1.82, 2.24) is 19.9 Å².